The zero-order valence-corrected chi connectivity index (χ0v) is 11.9. The molecule has 0 aromatic heterocycles. The molecular formula is C14H28N2O2. The van der Waals surface area contributed by atoms with E-state index in [0.29, 0.717) is 24.3 Å². The van der Waals surface area contributed by atoms with Crippen molar-refractivity contribution in [3.05, 3.63) is 0 Å². The Hall–Kier alpha value is -0.610. The molecule has 1 atom stereocenters. The SMILES string of the molecule is CCOC1CCN(C(=O)CCC(C)CCN)CC1. The number of likely N-dealkylation sites (tertiary alicyclic amines) is 1. The van der Waals surface area contributed by atoms with Gasteiger partial charge in [-0.25, -0.2) is 0 Å². The Morgan fingerprint density at radius 3 is 2.61 bits per heavy atom. The predicted molar refractivity (Wildman–Crippen MR) is 73.3 cm³/mol. The minimum atomic E-state index is 0.300. The topological polar surface area (TPSA) is 55.6 Å². The maximum Gasteiger partial charge on any atom is 0.222 e. The quantitative estimate of drug-likeness (QED) is 0.755. The maximum absolute atomic E-state index is 12.0. The van der Waals surface area contributed by atoms with Crippen LogP contribution in [0.2, 0.25) is 0 Å². The van der Waals surface area contributed by atoms with Crippen LogP contribution in [0.15, 0.2) is 0 Å². The molecule has 4 heteroatoms. The molecule has 1 unspecified atom stereocenters. The smallest absolute Gasteiger partial charge is 0.222 e. The second-order valence-corrected chi connectivity index (χ2v) is 5.26. The van der Waals surface area contributed by atoms with Crippen LogP contribution in [0, 0.1) is 5.92 Å². The van der Waals surface area contributed by atoms with Gasteiger partial charge in [0.2, 0.25) is 5.91 Å². The molecule has 0 aromatic carbocycles. The second-order valence-electron chi connectivity index (χ2n) is 5.26. The van der Waals surface area contributed by atoms with Gasteiger partial charge >= 0.3 is 0 Å². The largest absolute Gasteiger partial charge is 0.378 e. The van der Waals surface area contributed by atoms with Crippen LogP contribution in [0.5, 0.6) is 0 Å². The molecule has 0 radical (unpaired) electrons. The Balaban J connectivity index is 2.19. The minimum Gasteiger partial charge on any atom is -0.378 e. The molecule has 2 N–H and O–H groups in total. The van der Waals surface area contributed by atoms with Gasteiger partial charge in [0.1, 0.15) is 0 Å². The third-order valence-electron chi connectivity index (χ3n) is 3.71. The van der Waals surface area contributed by atoms with E-state index in [1.165, 1.54) is 0 Å². The first kappa shape index (κ1) is 15.4. The van der Waals surface area contributed by atoms with Crippen LogP contribution in [-0.2, 0) is 9.53 Å². The lowest BCUT2D eigenvalue weighted by atomic mass is 10.0. The minimum absolute atomic E-state index is 0.300. The van der Waals surface area contributed by atoms with E-state index >= 15 is 0 Å². The first-order valence-corrected chi connectivity index (χ1v) is 7.26. The maximum atomic E-state index is 12.0. The van der Waals surface area contributed by atoms with Gasteiger partial charge in [0.25, 0.3) is 0 Å². The molecular weight excluding hydrogens is 228 g/mol. The summed E-state index contributed by atoms with van der Waals surface area (Å²) in [6.07, 6.45) is 4.97. The molecule has 18 heavy (non-hydrogen) atoms. The zero-order chi connectivity index (χ0) is 13.4. The van der Waals surface area contributed by atoms with Crippen molar-refractivity contribution in [2.45, 2.75) is 52.1 Å². The summed E-state index contributed by atoms with van der Waals surface area (Å²) >= 11 is 0. The van der Waals surface area contributed by atoms with Crippen molar-refractivity contribution in [1.82, 2.24) is 4.90 Å². The number of nitrogens with two attached hydrogens (primary N) is 1. The Labute approximate surface area is 111 Å². The van der Waals surface area contributed by atoms with Gasteiger partial charge in [-0.3, -0.25) is 4.79 Å². The Morgan fingerprint density at radius 1 is 1.39 bits per heavy atom. The number of carbonyl (C=O) groups is 1. The molecule has 0 aliphatic carbocycles. The van der Waals surface area contributed by atoms with Crippen molar-refractivity contribution in [2.24, 2.45) is 11.7 Å². The first-order valence-electron chi connectivity index (χ1n) is 7.26. The molecule has 1 aliphatic rings. The fraction of sp³-hybridized carbons (Fsp3) is 0.929. The van der Waals surface area contributed by atoms with E-state index in [2.05, 4.69) is 6.92 Å². The average Bonchev–Trinajstić information content (AvgIpc) is 2.37. The average molecular weight is 256 g/mol. The molecule has 1 aliphatic heterocycles. The van der Waals surface area contributed by atoms with Crippen LogP contribution < -0.4 is 5.73 Å². The molecule has 4 nitrogen and oxygen atoms in total. The van der Waals surface area contributed by atoms with Crippen LogP contribution in [0.25, 0.3) is 0 Å². The van der Waals surface area contributed by atoms with Crippen LogP contribution in [0.1, 0.15) is 46.0 Å². The summed E-state index contributed by atoms with van der Waals surface area (Å²) in [7, 11) is 0. The van der Waals surface area contributed by atoms with Gasteiger partial charge in [0.15, 0.2) is 0 Å². The monoisotopic (exact) mass is 256 g/mol. The highest BCUT2D eigenvalue weighted by molar-refractivity contribution is 5.76. The van der Waals surface area contributed by atoms with E-state index in [1.54, 1.807) is 0 Å². The van der Waals surface area contributed by atoms with Gasteiger partial charge in [0, 0.05) is 26.1 Å². The van der Waals surface area contributed by atoms with Crippen LogP contribution in [0.3, 0.4) is 0 Å². The summed E-state index contributed by atoms with van der Waals surface area (Å²) in [5.41, 5.74) is 5.51. The standard InChI is InChI=1S/C14H28N2O2/c1-3-18-13-7-10-16(11-8-13)14(17)5-4-12(2)6-9-15/h12-13H,3-11,15H2,1-2H3. The Morgan fingerprint density at radius 2 is 2.06 bits per heavy atom. The summed E-state index contributed by atoms with van der Waals surface area (Å²) < 4.78 is 5.59. The van der Waals surface area contributed by atoms with E-state index in [9.17, 15) is 4.79 Å². The lowest BCUT2D eigenvalue weighted by Crippen LogP contribution is -2.40. The van der Waals surface area contributed by atoms with Gasteiger partial charge < -0.3 is 15.4 Å². The van der Waals surface area contributed by atoms with Crippen molar-refractivity contribution in [2.75, 3.05) is 26.2 Å². The number of amides is 1. The van der Waals surface area contributed by atoms with Crippen molar-refractivity contribution >= 4 is 5.91 Å². The van der Waals surface area contributed by atoms with E-state index in [1.807, 2.05) is 11.8 Å². The number of piperidine rings is 1. The summed E-state index contributed by atoms with van der Waals surface area (Å²) in [6, 6.07) is 0. The van der Waals surface area contributed by atoms with Gasteiger partial charge in [0.05, 0.1) is 6.10 Å². The zero-order valence-electron chi connectivity index (χ0n) is 11.9. The molecule has 0 bridgehead atoms. The van der Waals surface area contributed by atoms with Crippen LogP contribution in [0.4, 0.5) is 0 Å². The van der Waals surface area contributed by atoms with Crippen molar-refractivity contribution in [3.63, 3.8) is 0 Å². The molecule has 1 rings (SSSR count). The first-order chi connectivity index (χ1) is 8.67. The highest BCUT2D eigenvalue weighted by atomic mass is 16.5. The number of ether oxygens (including phenoxy) is 1. The fourth-order valence-corrected chi connectivity index (χ4v) is 2.46. The highest BCUT2D eigenvalue weighted by Gasteiger charge is 2.22. The Bertz CT molecular complexity index is 238. The van der Waals surface area contributed by atoms with Crippen molar-refractivity contribution < 1.29 is 9.53 Å². The normalized spacial score (nSPS) is 18.9. The number of rotatable bonds is 7. The van der Waals surface area contributed by atoms with E-state index in [-0.39, 0.29) is 0 Å². The van der Waals surface area contributed by atoms with Gasteiger partial charge in [-0.05, 0) is 45.1 Å². The summed E-state index contributed by atoms with van der Waals surface area (Å²) in [4.78, 5) is 14.0. The third kappa shape index (κ3) is 5.36. The van der Waals surface area contributed by atoms with Gasteiger partial charge in [-0.15, -0.1) is 0 Å². The lowest BCUT2D eigenvalue weighted by molar-refractivity contribution is -0.134. The van der Waals surface area contributed by atoms with Crippen LogP contribution >= 0.6 is 0 Å². The number of hydrogen-bond acceptors (Lipinski definition) is 3. The summed E-state index contributed by atoms with van der Waals surface area (Å²) in [5.74, 6) is 0.855. The predicted octanol–water partition coefficient (Wildman–Crippen LogP) is 1.78. The van der Waals surface area contributed by atoms with E-state index in [0.717, 1.165) is 51.9 Å². The molecule has 106 valence electrons. The summed E-state index contributed by atoms with van der Waals surface area (Å²) in [5, 5.41) is 0. The third-order valence-corrected chi connectivity index (χ3v) is 3.71. The number of nitrogens with zero attached hydrogens (tertiary/aromatic N) is 1. The molecule has 0 spiro atoms. The molecule has 1 fully saturated rings. The second kappa shape index (κ2) is 8.48. The van der Waals surface area contributed by atoms with E-state index in [4.69, 9.17) is 10.5 Å². The molecule has 0 aromatic rings. The number of carbonyl (C=O) groups excluding carboxylic acids is 1. The molecule has 1 saturated heterocycles. The molecule has 0 saturated carbocycles. The van der Waals surface area contributed by atoms with Crippen molar-refractivity contribution in [1.29, 1.82) is 0 Å². The van der Waals surface area contributed by atoms with Crippen LogP contribution in [-0.4, -0.2) is 43.2 Å². The van der Waals surface area contributed by atoms with Gasteiger partial charge in [-0.2, -0.15) is 0 Å². The molecule has 1 heterocycles. The van der Waals surface area contributed by atoms with Crippen molar-refractivity contribution in [3.8, 4) is 0 Å². The lowest BCUT2D eigenvalue weighted by Gasteiger charge is -2.32. The highest BCUT2D eigenvalue weighted by Crippen LogP contribution is 2.16. The van der Waals surface area contributed by atoms with Gasteiger partial charge in [-0.1, -0.05) is 6.92 Å². The fourth-order valence-electron chi connectivity index (χ4n) is 2.46. The Kier molecular flexibility index (Phi) is 7.28. The number of hydrogen-bond donors (Lipinski definition) is 1. The molecule has 1 amide bonds. The summed E-state index contributed by atoms with van der Waals surface area (Å²) in [6.45, 7) is 7.39. The van der Waals surface area contributed by atoms with E-state index < -0.39 is 0 Å².